The van der Waals surface area contributed by atoms with Gasteiger partial charge in [0.1, 0.15) is 26.4 Å². The molecular formula is C14H22O12Zn. The average molecular weight is 448 g/mol. The molecule has 0 unspecified atom stereocenters. The van der Waals surface area contributed by atoms with Crippen molar-refractivity contribution in [3.8, 4) is 0 Å². The molecular weight excluding hydrogens is 426 g/mol. The van der Waals surface area contributed by atoms with Crippen molar-refractivity contribution in [1.29, 1.82) is 0 Å². The first kappa shape index (κ1) is 30.1. The van der Waals surface area contributed by atoms with Crippen molar-refractivity contribution in [3.05, 3.63) is 0 Å². The topological polar surface area (TPSA) is 170 Å². The summed E-state index contributed by atoms with van der Waals surface area (Å²) in [6.07, 6.45) is 0. The number of hydrogen-bond donors (Lipinski definition) is 0. The molecule has 12 nitrogen and oxygen atoms in total. The van der Waals surface area contributed by atoms with Gasteiger partial charge >= 0.3 is 31.4 Å². The molecule has 0 saturated carbocycles. The quantitative estimate of drug-likeness (QED) is 0.143. The molecule has 13 heteroatoms. The first-order valence-electron chi connectivity index (χ1n) is 7.17. The van der Waals surface area contributed by atoms with Gasteiger partial charge in [0.05, 0.1) is 38.4 Å². The van der Waals surface area contributed by atoms with Gasteiger partial charge in [-0.25, -0.2) is 9.59 Å². The van der Waals surface area contributed by atoms with Crippen LogP contribution in [0.2, 0.25) is 0 Å². The normalized spacial score (nSPS) is 9.26. The van der Waals surface area contributed by atoms with Gasteiger partial charge in [-0.15, -0.1) is 0 Å². The minimum Gasteiger partial charge on any atom is -0.548 e. The van der Waals surface area contributed by atoms with Crippen LogP contribution < -0.4 is 10.2 Å². The van der Waals surface area contributed by atoms with Gasteiger partial charge in [-0.1, -0.05) is 0 Å². The van der Waals surface area contributed by atoms with Crippen LogP contribution in [0.25, 0.3) is 0 Å². The summed E-state index contributed by atoms with van der Waals surface area (Å²) in [6.45, 7) is -1.15. The fourth-order valence-electron chi connectivity index (χ4n) is 0.996. The maximum atomic E-state index is 10.7. The number of esters is 2. The third-order valence-electron chi connectivity index (χ3n) is 1.98. The molecule has 0 aromatic carbocycles. The van der Waals surface area contributed by atoms with Gasteiger partial charge in [0.25, 0.3) is 0 Å². The largest absolute Gasteiger partial charge is 2.00 e. The van der Waals surface area contributed by atoms with Crippen molar-refractivity contribution in [3.63, 3.8) is 0 Å². The smallest absolute Gasteiger partial charge is 0.548 e. The van der Waals surface area contributed by atoms with E-state index in [1.54, 1.807) is 0 Å². The first-order chi connectivity index (χ1) is 12.3. The Morgan fingerprint density at radius 3 is 1.22 bits per heavy atom. The zero-order chi connectivity index (χ0) is 20.2. The van der Waals surface area contributed by atoms with Crippen LogP contribution >= 0.6 is 0 Å². The maximum absolute atomic E-state index is 10.7. The first-order valence-corrected chi connectivity index (χ1v) is 7.17. The number of carboxylic acid groups (broad SMARTS) is 2. The molecule has 0 radical (unpaired) electrons. The second-order valence-electron chi connectivity index (χ2n) is 4.16. The number of rotatable bonds is 14. The van der Waals surface area contributed by atoms with Crippen LogP contribution in [0.5, 0.6) is 0 Å². The Balaban J connectivity index is -0.000000411. The van der Waals surface area contributed by atoms with Gasteiger partial charge in [-0.2, -0.15) is 0 Å². The van der Waals surface area contributed by atoms with Crippen molar-refractivity contribution >= 4 is 23.9 Å². The molecule has 0 fully saturated rings. The summed E-state index contributed by atoms with van der Waals surface area (Å²) >= 11 is 0. The van der Waals surface area contributed by atoms with E-state index in [1.165, 1.54) is 14.2 Å². The number of carbonyl (C=O) groups excluding carboxylic acids is 4. The molecule has 0 bridgehead atoms. The minimum atomic E-state index is -1.37. The summed E-state index contributed by atoms with van der Waals surface area (Å²) in [6, 6.07) is 0. The van der Waals surface area contributed by atoms with Gasteiger partial charge in [-0.05, 0) is 0 Å². The molecule has 0 amide bonds. The van der Waals surface area contributed by atoms with Crippen molar-refractivity contribution in [2.24, 2.45) is 0 Å². The van der Waals surface area contributed by atoms with Crippen molar-refractivity contribution < 1.29 is 77.3 Å². The van der Waals surface area contributed by atoms with Crippen molar-refractivity contribution in [2.75, 3.05) is 67.1 Å². The molecule has 27 heavy (non-hydrogen) atoms. The molecule has 0 heterocycles. The standard InChI is InChI=1S/2C7H12O6.Zn/c2*1-11-2-3-13-7(10)5-12-4-6(8)9;/h2*2-5H2,1H3,(H,8,9);/q;;+2/p-2. The Kier molecular flexibility index (Phi) is 24.9. The Morgan fingerprint density at radius 2 is 0.963 bits per heavy atom. The van der Waals surface area contributed by atoms with E-state index in [1.807, 2.05) is 0 Å². The fourth-order valence-corrected chi connectivity index (χ4v) is 0.996. The summed E-state index contributed by atoms with van der Waals surface area (Å²) in [4.78, 5) is 41.0. The maximum Gasteiger partial charge on any atom is 2.00 e. The predicted molar refractivity (Wildman–Crippen MR) is 77.3 cm³/mol. The molecule has 0 rings (SSSR count). The van der Waals surface area contributed by atoms with E-state index in [0.29, 0.717) is 13.2 Å². The Morgan fingerprint density at radius 1 is 0.630 bits per heavy atom. The number of ether oxygens (including phenoxy) is 6. The number of aliphatic carboxylic acids is 2. The number of methoxy groups -OCH3 is 2. The van der Waals surface area contributed by atoms with Gasteiger partial charge in [0.15, 0.2) is 0 Å². The van der Waals surface area contributed by atoms with Gasteiger partial charge in [0, 0.05) is 14.2 Å². The fraction of sp³-hybridized carbons (Fsp3) is 0.714. The van der Waals surface area contributed by atoms with Crippen LogP contribution in [0.15, 0.2) is 0 Å². The molecule has 152 valence electrons. The van der Waals surface area contributed by atoms with E-state index in [0.717, 1.165) is 0 Å². The van der Waals surface area contributed by atoms with Crippen LogP contribution in [-0.4, -0.2) is 91.0 Å². The average Bonchev–Trinajstić information content (AvgIpc) is 2.55. The molecule has 0 saturated heterocycles. The van der Waals surface area contributed by atoms with E-state index in [2.05, 4.69) is 28.4 Å². The summed E-state index contributed by atoms with van der Waals surface area (Å²) in [5.41, 5.74) is 0. The van der Waals surface area contributed by atoms with Crippen LogP contribution in [0.1, 0.15) is 0 Å². The van der Waals surface area contributed by atoms with Gasteiger partial charge in [-0.3, -0.25) is 0 Å². The van der Waals surface area contributed by atoms with E-state index in [9.17, 15) is 29.4 Å². The van der Waals surface area contributed by atoms with Crippen molar-refractivity contribution in [1.82, 2.24) is 0 Å². The van der Waals surface area contributed by atoms with Crippen LogP contribution in [0, 0.1) is 0 Å². The molecule has 0 spiro atoms. The molecule has 0 aromatic heterocycles. The second kappa shape index (κ2) is 22.4. The van der Waals surface area contributed by atoms with E-state index < -0.39 is 50.3 Å². The summed E-state index contributed by atoms with van der Waals surface area (Å²) in [5.74, 6) is -3.99. The molecule has 0 aliphatic heterocycles. The van der Waals surface area contributed by atoms with Gasteiger partial charge < -0.3 is 48.2 Å². The van der Waals surface area contributed by atoms with Crippen LogP contribution in [0.3, 0.4) is 0 Å². The predicted octanol–water partition coefficient (Wildman–Crippen LogP) is -4.12. The monoisotopic (exact) mass is 446 g/mol. The van der Waals surface area contributed by atoms with E-state index >= 15 is 0 Å². The Bertz CT molecular complexity index is 377. The van der Waals surface area contributed by atoms with E-state index in [-0.39, 0.29) is 32.7 Å². The van der Waals surface area contributed by atoms with Crippen molar-refractivity contribution in [2.45, 2.75) is 0 Å². The summed E-state index contributed by atoms with van der Waals surface area (Å²) in [5, 5.41) is 19.7. The number of hydrogen-bond acceptors (Lipinski definition) is 12. The van der Waals surface area contributed by atoms with E-state index in [4.69, 9.17) is 0 Å². The number of carbonyl (C=O) groups is 4. The Hall–Kier alpha value is -1.66. The molecule has 0 aromatic rings. The SMILES string of the molecule is COCCOC(=O)COCC(=O)[O-].COCCOC(=O)COCC(=O)[O-].[Zn+2]. The van der Waals surface area contributed by atoms with Crippen LogP contribution in [0.4, 0.5) is 0 Å². The molecule has 0 N–H and O–H groups in total. The second-order valence-corrected chi connectivity index (χ2v) is 4.16. The molecule has 0 atom stereocenters. The van der Waals surface area contributed by atoms with Gasteiger partial charge in [0.2, 0.25) is 0 Å². The zero-order valence-electron chi connectivity index (χ0n) is 15.3. The number of carboxylic acids is 2. The Labute approximate surface area is 168 Å². The summed E-state index contributed by atoms with van der Waals surface area (Å²) < 4.78 is 27.2. The minimum absolute atomic E-state index is 0. The third-order valence-corrected chi connectivity index (χ3v) is 1.98. The zero-order valence-corrected chi connectivity index (χ0v) is 18.2. The molecule has 0 aliphatic carbocycles. The summed E-state index contributed by atoms with van der Waals surface area (Å²) in [7, 11) is 2.95. The molecule has 0 aliphatic rings. The van der Waals surface area contributed by atoms with Crippen LogP contribution in [-0.2, 0) is 67.1 Å². The third kappa shape index (κ3) is 29.4.